The number of sulfonamides is 1. The van der Waals surface area contributed by atoms with Crippen molar-refractivity contribution in [3.8, 4) is 0 Å². The SMILES string of the molecule is CCn1nc(C)c(S(=O)(=O)Nc2ccn3nccc3c2)c1C. The molecule has 0 spiro atoms. The maximum Gasteiger partial charge on any atom is 0.265 e. The Kier molecular flexibility index (Phi) is 3.40. The van der Waals surface area contributed by atoms with E-state index in [0.717, 1.165) is 5.52 Å². The van der Waals surface area contributed by atoms with E-state index in [2.05, 4.69) is 14.9 Å². The van der Waals surface area contributed by atoms with Gasteiger partial charge in [-0.3, -0.25) is 9.40 Å². The molecule has 3 heterocycles. The van der Waals surface area contributed by atoms with Crippen molar-refractivity contribution >= 4 is 21.2 Å². The van der Waals surface area contributed by atoms with Crippen LogP contribution in [0.5, 0.6) is 0 Å². The molecule has 1 N–H and O–H groups in total. The summed E-state index contributed by atoms with van der Waals surface area (Å²) in [5.74, 6) is 0. The van der Waals surface area contributed by atoms with Gasteiger partial charge in [0, 0.05) is 18.9 Å². The van der Waals surface area contributed by atoms with Crippen molar-refractivity contribution < 1.29 is 8.42 Å². The highest BCUT2D eigenvalue weighted by molar-refractivity contribution is 7.92. The highest BCUT2D eigenvalue weighted by Gasteiger charge is 2.24. The van der Waals surface area contributed by atoms with Crippen LogP contribution < -0.4 is 4.72 Å². The molecule has 7 nitrogen and oxygen atoms in total. The first-order valence-corrected chi connectivity index (χ1v) is 8.41. The highest BCUT2D eigenvalue weighted by atomic mass is 32.2. The largest absolute Gasteiger partial charge is 0.279 e. The number of nitrogens with zero attached hydrogens (tertiary/aromatic N) is 4. The van der Waals surface area contributed by atoms with Crippen molar-refractivity contribution in [3.05, 3.63) is 42.0 Å². The third-order valence-electron chi connectivity index (χ3n) is 3.54. The summed E-state index contributed by atoms with van der Waals surface area (Å²) < 4.78 is 31.3. The van der Waals surface area contributed by atoms with E-state index < -0.39 is 10.0 Å². The molecule has 0 aromatic carbocycles. The summed E-state index contributed by atoms with van der Waals surface area (Å²) in [5, 5.41) is 8.34. The van der Waals surface area contributed by atoms with Gasteiger partial charge in [0.05, 0.1) is 22.6 Å². The molecule has 0 unspecified atom stereocenters. The molecule has 22 heavy (non-hydrogen) atoms. The van der Waals surface area contributed by atoms with Crippen LogP contribution >= 0.6 is 0 Å². The number of rotatable bonds is 4. The first-order chi connectivity index (χ1) is 10.4. The Bertz CT molecular complexity index is 939. The van der Waals surface area contributed by atoms with Gasteiger partial charge in [-0.15, -0.1) is 0 Å². The van der Waals surface area contributed by atoms with Gasteiger partial charge in [-0.2, -0.15) is 10.2 Å². The van der Waals surface area contributed by atoms with Gasteiger partial charge in [0.1, 0.15) is 4.90 Å². The van der Waals surface area contributed by atoms with Crippen molar-refractivity contribution in [2.45, 2.75) is 32.2 Å². The van der Waals surface area contributed by atoms with Gasteiger partial charge in [-0.05, 0) is 39.0 Å². The summed E-state index contributed by atoms with van der Waals surface area (Å²) in [5.41, 5.74) is 2.45. The summed E-state index contributed by atoms with van der Waals surface area (Å²) >= 11 is 0. The lowest BCUT2D eigenvalue weighted by Gasteiger charge is -2.09. The summed E-state index contributed by atoms with van der Waals surface area (Å²) in [7, 11) is -3.68. The van der Waals surface area contributed by atoms with E-state index in [-0.39, 0.29) is 4.90 Å². The van der Waals surface area contributed by atoms with Crippen LogP contribution in [0.1, 0.15) is 18.3 Å². The second-order valence-electron chi connectivity index (χ2n) is 5.04. The molecule has 3 aromatic heterocycles. The lowest BCUT2D eigenvalue weighted by Crippen LogP contribution is -2.15. The molecule has 0 radical (unpaired) electrons. The summed E-state index contributed by atoms with van der Waals surface area (Å²) in [6.45, 7) is 6.02. The van der Waals surface area contributed by atoms with E-state index in [1.54, 1.807) is 47.6 Å². The fraction of sp³-hybridized carbons (Fsp3) is 0.286. The number of aryl methyl sites for hydroxylation is 2. The van der Waals surface area contributed by atoms with Crippen molar-refractivity contribution in [1.82, 2.24) is 19.4 Å². The van der Waals surface area contributed by atoms with Crippen LogP contribution in [0.2, 0.25) is 0 Å². The van der Waals surface area contributed by atoms with Gasteiger partial charge >= 0.3 is 0 Å². The molecule has 0 fully saturated rings. The maximum absolute atomic E-state index is 12.7. The quantitative estimate of drug-likeness (QED) is 0.797. The average Bonchev–Trinajstić information content (AvgIpc) is 3.02. The third kappa shape index (κ3) is 2.35. The normalized spacial score (nSPS) is 12.0. The number of aromatic nitrogens is 4. The van der Waals surface area contributed by atoms with Crippen molar-refractivity contribution in [2.24, 2.45) is 0 Å². The summed E-state index contributed by atoms with van der Waals surface area (Å²) in [6.07, 6.45) is 3.37. The minimum absolute atomic E-state index is 0.239. The Morgan fingerprint density at radius 1 is 1.27 bits per heavy atom. The average molecular weight is 319 g/mol. The second kappa shape index (κ2) is 5.13. The van der Waals surface area contributed by atoms with Crippen LogP contribution in [0.4, 0.5) is 5.69 Å². The van der Waals surface area contributed by atoms with Crippen LogP contribution in [-0.2, 0) is 16.6 Å². The predicted molar refractivity (Wildman–Crippen MR) is 83.4 cm³/mol. The zero-order chi connectivity index (χ0) is 15.9. The van der Waals surface area contributed by atoms with E-state index in [1.807, 2.05) is 13.0 Å². The Morgan fingerprint density at radius 2 is 2.05 bits per heavy atom. The zero-order valence-corrected chi connectivity index (χ0v) is 13.4. The van der Waals surface area contributed by atoms with Gasteiger partial charge < -0.3 is 0 Å². The number of nitrogens with one attached hydrogen (secondary N) is 1. The molecular formula is C14H17N5O2S. The lowest BCUT2D eigenvalue weighted by atomic mass is 10.4. The van der Waals surface area contributed by atoms with E-state index in [1.165, 1.54) is 0 Å². The summed E-state index contributed by atoms with van der Waals surface area (Å²) in [6, 6.07) is 5.22. The first kappa shape index (κ1) is 14.6. The van der Waals surface area contributed by atoms with E-state index >= 15 is 0 Å². The van der Waals surface area contributed by atoms with Crippen LogP contribution in [-0.4, -0.2) is 27.8 Å². The molecule has 3 rings (SSSR count). The molecule has 0 aliphatic heterocycles. The minimum atomic E-state index is -3.68. The number of hydrogen-bond donors (Lipinski definition) is 1. The summed E-state index contributed by atoms with van der Waals surface area (Å²) in [4.78, 5) is 0.239. The van der Waals surface area contributed by atoms with Crippen molar-refractivity contribution in [3.63, 3.8) is 0 Å². The fourth-order valence-electron chi connectivity index (χ4n) is 2.57. The molecule has 0 saturated carbocycles. The maximum atomic E-state index is 12.7. The lowest BCUT2D eigenvalue weighted by molar-refractivity contribution is 0.598. The first-order valence-electron chi connectivity index (χ1n) is 6.92. The number of hydrogen-bond acceptors (Lipinski definition) is 4. The Hall–Kier alpha value is -2.35. The number of anilines is 1. The molecule has 8 heteroatoms. The van der Waals surface area contributed by atoms with Gasteiger partial charge in [0.15, 0.2) is 0 Å². The van der Waals surface area contributed by atoms with Crippen molar-refractivity contribution in [2.75, 3.05) is 4.72 Å². The monoisotopic (exact) mass is 319 g/mol. The molecule has 0 bridgehead atoms. The van der Waals surface area contributed by atoms with Gasteiger partial charge in [0.25, 0.3) is 10.0 Å². The molecule has 0 aliphatic carbocycles. The Balaban J connectivity index is 2.01. The molecule has 0 aliphatic rings. The van der Waals surface area contributed by atoms with Crippen LogP contribution in [0.15, 0.2) is 35.5 Å². The molecule has 0 amide bonds. The Labute approximate surface area is 128 Å². The predicted octanol–water partition coefficient (Wildman–Crippen LogP) is 1.97. The van der Waals surface area contributed by atoms with E-state index in [9.17, 15) is 8.42 Å². The Morgan fingerprint density at radius 3 is 2.73 bits per heavy atom. The van der Waals surface area contributed by atoms with E-state index in [0.29, 0.717) is 23.6 Å². The van der Waals surface area contributed by atoms with Crippen LogP contribution in [0, 0.1) is 13.8 Å². The van der Waals surface area contributed by atoms with Gasteiger partial charge in [0.2, 0.25) is 0 Å². The van der Waals surface area contributed by atoms with Gasteiger partial charge in [-0.25, -0.2) is 12.9 Å². The molecule has 3 aromatic rings. The number of fused-ring (bicyclic) bond motifs is 1. The van der Waals surface area contributed by atoms with Crippen molar-refractivity contribution in [1.29, 1.82) is 0 Å². The molecule has 0 saturated heterocycles. The highest BCUT2D eigenvalue weighted by Crippen LogP contribution is 2.23. The van der Waals surface area contributed by atoms with E-state index in [4.69, 9.17) is 0 Å². The smallest absolute Gasteiger partial charge is 0.265 e. The van der Waals surface area contributed by atoms with Crippen LogP contribution in [0.3, 0.4) is 0 Å². The topological polar surface area (TPSA) is 81.3 Å². The molecule has 116 valence electrons. The van der Waals surface area contributed by atoms with Gasteiger partial charge in [-0.1, -0.05) is 0 Å². The molecular weight excluding hydrogens is 302 g/mol. The number of pyridine rings is 1. The fourth-order valence-corrected chi connectivity index (χ4v) is 4.03. The third-order valence-corrected chi connectivity index (χ3v) is 5.17. The molecule has 0 atom stereocenters. The minimum Gasteiger partial charge on any atom is -0.279 e. The second-order valence-corrected chi connectivity index (χ2v) is 6.66. The van der Waals surface area contributed by atoms with Crippen LogP contribution in [0.25, 0.3) is 5.52 Å². The zero-order valence-electron chi connectivity index (χ0n) is 12.6. The standard InChI is InChI=1S/C14H17N5O2S/c1-4-18-11(3)14(10(2)16-18)22(20,21)17-12-6-8-19-13(9-12)5-7-15-19/h5-9,17H,4H2,1-3H3.